The quantitative estimate of drug-likeness (QED) is 0.858. The van der Waals surface area contributed by atoms with Crippen LogP contribution >= 0.6 is 15.9 Å². The van der Waals surface area contributed by atoms with Gasteiger partial charge in [0.15, 0.2) is 0 Å². The Labute approximate surface area is 128 Å². The van der Waals surface area contributed by atoms with Crippen molar-refractivity contribution in [3.8, 4) is 0 Å². The highest BCUT2D eigenvalue weighted by Gasteiger charge is 2.18. The monoisotopic (exact) mass is 344 g/mol. The Morgan fingerprint density at radius 1 is 1.40 bits per heavy atom. The number of rotatable bonds is 6. The van der Waals surface area contributed by atoms with Crippen molar-refractivity contribution in [2.75, 3.05) is 20.6 Å². The van der Waals surface area contributed by atoms with E-state index in [4.69, 9.17) is 0 Å². The summed E-state index contributed by atoms with van der Waals surface area (Å²) in [4.78, 5) is 14.2. The van der Waals surface area contributed by atoms with Gasteiger partial charge in [-0.2, -0.15) is 0 Å². The summed E-state index contributed by atoms with van der Waals surface area (Å²) in [6, 6.07) is 4.76. The molecule has 0 aliphatic heterocycles. The molecule has 20 heavy (non-hydrogen) atoms. The lowest BCUT2D eigenvalue weighted by molar-refractivity contribution is 0.0933. The molecule has 1 aromatic rings. The molecule has 1 aromatic carbocycles. The van der Waals surface area contributed by atoms with Crippen LogP contribution in [0.3, 0.4) is 0 Å². The molecule has 5 heteroatoms. The molecule has 1 N–H and O–H groups in total. The minimum atomic E-state index is -0.512. The van der Waals surface area contributed by atoms with E-state index < -0.39 is 5.82 Å². The average Bonchev–Trinajstić information content (AvgIpc) is 2.33. The normalized spacial score (nSPS) is 12.8. The fraction of sp³-hybridized carbons (Fsp3) is 0.533. The first kappa shape index (κ1) is 17.1. The zero-order valence-corrected chi connectivity index (χ0v) is 14.0. The Balaban J connectivity index is 2.71. The highest BCUT2D eigenvalue weighted by Crippen LogP contribution is 2.19. The third-order valence-corrected chi connectivity index (χ3v) is 3.82. The van der Waals surface area contributed by atoms with Gasteiger partial charge in [-0.1, -0.05) is 19.9 Å². The number of nitrogens with one attached hydrogen (secondary N) is 1. The summed E-state index contributed by atoms with van der Waals surface area (Å²) in [5.74, 6) is -0.354. The van der Waals surface area contributed by atoms with Gasteiger partial charge < -0.3 is 10.2 Å². The van der Waals surface area contributed by atoms with Crippen molar-refractivity contribution < 1.29 is 9.18 Å². The number of benzene rings is 1. The summed E-state index contributed by atoms with van der Waals surface area (Å²) in [5.41, 5.74) is 0.0644. The van der Waals surface area contributed by atoms with Gasteiger partial charge in [-0.3, -0.25) is 4.79 Å². The van der Waals surface area contributed by atoms with Crippen LogP contribution in [-0.2, 0) is 0 Å². The lowest BCUT2D eigenvalue weighted by atomic mass is 10.0. The number of hydrogen-bond donors (Lipinski definition) is 1. The van der Waals surface area contributed by atoms with Crippen molar-refractivity contribution in [1.82, 2.24) is 10.2 Å². The molecule has 0 aliphatic carbocycles. The van der Waals surface area contributed by atoms with Gasteiger partial charge >= 0.3 is 0 Å². The van der Waals surface area contributed by atoms with Crippen LogP contribution in [-0.4, -0.2) is 37.5 Å². The molecule has 1 unspecified atom stereocenters. The Morgan fingerprint density at radius 3 is 2.55 bits per heavy atom. The lowest BCUT2D eigenvalue weighted by Gasteiger charge is -2.26. The minimum absolute atomic E-state index is 0.0644. The van der Waals surface area contributed by atoms with E-state index in [1.165, 1.54) is 6.07 Å². The third-order valence-electron chi connectivity index (χ3n) is 3.16. The maximum atomic E-state index is 13.7. The summed E-state index contributed by atoms with van der Waals surface area (Å²) in [6.45, 7) is 4.79. The molecule has 0 spiro atoms. The molecule has 1 rings (SSSR count). The van der Waals surface area contributed by atoms with Crippen LogP contribution in [0.4, 0.5) is 4.39 Å². The fourth-order valence-electron chi connectivity index (χ4n) is 2.03. The van der Waals surface area contributed by atoms with Crippen molar-refractivity contribution in [1.29, 1.82) is 0 Å². The first-order chi connectivity index (χ1) is 9.32. The molecule has 0 aliphatic rings. The van der Waals surface area contributed by atoms with Gasteiger partial charge in [0.1, 0.15) is 5.82 Å². The van der Waals surface area contributed by atoms with E-state index in [0.717, 1.165) is 6.42 Å². The summed E-state index contributed by atoms with van der Waals surface area (Å²) in [7, 11) is 3.97. The van der Waals surface area contributed by atoms with E-state index in [1.54, 1.807) is 12.1 Å². The predicted molar refractivity (Wildman–Crippen MR) is 83.4 cm³/mol. The molecule has 0 saturated carbocycles. The first-order valence-electron chi connectivity index (χ1n) is 6.71. The van der Waals surface area contributed by atoms with Gasteiger partial charge in [0.25, 0.3) is 5.91 Å². The van der Waals surface area contributed by atoms with Crippen molar-refractivity contribution in [3.63, 3.8) is 0 Å². The summed E-state index contributed by atoms with van der Waals surface area (Å²) in [5, 5.41) is 2.82. The smallest absolute Gasteiger partial charge is 0.255 e. The van der Waals surface area contributed by atoms with Crippen molar-refractivity contribution in [2.24, 2.45) is 5.92 Å². The second-order valence-electron chi connectivity index (χ2n) is 5.55. The largest absolute Gasteiger partial charge is 0.350 e. The van der Waals surface area contributed by atoms with E-state index in [1.807, 2.05) is 14.1 Å². The van der Waals surface area contributed by atoms with Gasteiger partial charge in [0.2, 0.25) is 0 Å². The molecule has 0 fully saturated rings. The van der Waals surface area contributed by atoms with E-state index in [0.29, 0.717) is 16.9 Å². The SMILES string of the molecule is CC(C)CC(CNC(=O)c1c(F)cccc1Br)N(C)C. The van der Waals surface area contributed by atoms with Crippen LogP contribution in [0.5, 0.6) is 0 Å². The zero-order chi connectivity index (χ0) is 15.3. The molecular weight excluding hydrogens is 323 g/mol. The summed E-state index contributed by atoms with van der Waals surface area (Å²) in [6.07, 6.45) is 0.978. The molecule has 1 atom stereocenters. The molecule has 0 saturated heterocycles. The molecule has 0 heterocycles. The van der Waals surface area contributed by atoms with Crippen molar-refractivity contribution >= 4 is 21.8 Å². The average molecular weight is 345 g/mol. The highest BCUT2D eigenvalue weighted by molar-refractivity contribution is 9.10. The molecule has 1 amide bonds. The second-order valence-corrected chi connectivity index (χ2v) is 6.41. The number of carbonyl (C=O) groups excluding carboxylic acids is 1. The van der Waals surface area contributed by atoms with E-state index >= 15 is 0 Å². The Morgan fingerprint density at radius 2 is 2.05 bits per heavy atom. The van der Waals surface area contributed by atoms with Crippen LogP contribution in [0, 0.1) is 11.7 Å². The fourth-order valence-corrected chi connectivity index (χ4v) is 2.56. The van der Waals surface area contributed by atoms with Gasteiger partial charge in [-0.15, -0.1) is 0 Å². The van der Waals surface area contributed by atoms with Crippen molar-refractivity contribution in [3.05, 3.63) is 34.1 Å². The zero-order valence-electron chi connectivity index (χ0n) is 12.4. The van der Waals surface area contributed by atoms with Crippen LogP contribution < -0.4 is 5.32 Å². The van der Waals surface area contributed by atoms with E-state index in [-0.39, 0.29) is 17.5 Å². The van der Waals surface area contributed by atoms with Crippen LogP contribution in [0.1, 0.15) is 30.6 Å². The first-order valence-corrected chi connectivity index (χ1v) is 7.50. The Kier molecular flexibility index (Phi) is 6.62. The maximum Gasteiger partial charge on any atom is 0.255 e. The number of hydrogen-bond acceptors (Lipinski definition) is 2. The maximum absolute atomic E-state index is 13.7. The molecule has 0 bridgehead atoms. The predicted octanol–water partition coefficient (Wildman–Crippen LogP) is 3.29. The standard InChI is InChI=1S/C15H22BrFN2O/c1-10(2)8-11(19(3)4)9-18-15(20)14-12(16)6-5-7-13(14)17/h5-7,10-11H,8-9H2,1-4H3,(H,18,20). The van der Waals surface area contributed by atoms with Crippen molar-refractivity contribution in [2.45, 2.75) is 26.3 Å². The number of carbonyl (C=O) groups is 1. The number of amides is 1. The van der Waals surface area contributed by atoms with Crippen LogP contribution in [0.25, 0.3) is 0 Å². The number of likely N-dealkylation sites (N-methyl/N-ethyl adjacent to an activating group) is 1. The minimum Gasteiger partial charge on any atom is -0.350 e. The lowest BCUT2D eigenvalue weighted by Crippen LogP contribution is -2.41. The molecule has 112 valence electrons. The molecular formula is C15H22BrFN2O. The topological polar surface area (TPSA) is 32.3 Å². The van der Waals surface area contributed by atoms with Gasteiger partial charge in [-0.25, -0.2) is 4.39 Å². The van der Waals surface area contributed by atoms with Gasteiger partial charge in [0, 0.05) is 17.1 Å². The van der Waals surface area contributed by atoms with E-state index in [9.17, 15) is 9.18 Å². The highest BCUT2D eigenvalue weighted by atomic mass is 79.9. The molecule has 0 aromatic heterocycles. The Bertz CT molecular complexity index is 443. The summed E-state index contributed by atoms with van der Waals surface area (Å²) < 4.78 is 14.2. The van der Waals surface area contributed by atoms with Crippen LogP contribution in [0.2, 0.25) is 0 Å². The van der Waals surface area contributed by atoms with E-state index in [2.05, 4.69) is 40.0 Å². The second kappa shape index (κ2) is 7.74. The molecule has 3 nitrogen and oxygen atoms in total. The van der Waals surface area contributed by atoms with Gasteiger partial charge in [0.05, 0.1) is 5.56 Å². The number of halogens is 2. The van der Waals surface area contributed by atoms with Crippen LogP contribution in [0.15, 0.2) is 22.7 Å². The number of nitrogens with zero attached hydrogens (tertiary/aromatic N) is 1. The third kappa shape index (κ3) is 4.87. The van der Waals surface area contributed by atoms with Gasteiger partial charge in [-0.05, 0) is 54.5 Å². The Hall–Kier alpha value is -0.940. The summed E-state index contributed by atoms with van der Waals surface area (Å²) >= 11 is 3.21. The molecule has 0 radical (unpaired) electrons.